The van der Waals surface area contributed by atoms with Crippen molar-refractivity contribution < 1.29 is 14.0 Å². The molecule has 1 aromatic heterocycles. The van der Waals surface area contributed by atoms with E-state index in [9.17, 15) is 14.0 Å². The predicted molar refractivity (Wildman–Crippen MR) is 108 cm³/mol. The second-order valence-corrected chi connectivity index (χ2v) is 6.92. The molecule has 0 aliphatic heterocycles. The van der Waals surface area contributed by atoms with Gasteiger partial charge in [0.05, 0.1) is 0 Å². The van der Waals surface area contributed by atoms with Gasteiger partial charge in [0.2, 0.25) is 5.91 Å². The van der Waals surface area contributed by atoms with Crippen LogP contribution in [0.2, 0.25) is 0 Å². The number of amides is 3. The van der Waals surface area contributed by atoms with Crippen molar-refractivity contribution >= 4 is 28.5 Å². The van der Waals surface area contributed by atoms with E-state index in [2.05, 4.69) is 5.32 Å². The molecular formula is C21H23FN4O2. The molecule has 6 nitrogen and oxygen atoms in total. The van der Waals surface area contributed by atoms with Crippen LogP contribution in [0.25, 0.3) is 10.9 Å². The van der Waals surface area contributed by atoms with E-state index in [-0.39, 0.29) is 24.3 Å². The van der Waals surface area contributed by atoms with Gasteiger partial charge in [-0.25, -0.2) is 9.18 Å². The Morgan fingerprint density at radius 2 is 1.75 bits per heavy atom. The zero-order valence-corrected chi connectivity index (χ0v) is 16.1. The zero-order valence-electron chi connectivity index (χ0n) is 16.1. The van der Waals surface area contributed by atoms with Gasteiger partial charge >= 0.3 is 6.03 Å². The van der Waals surface area contributed by atoms with Crippen LogP contribution < -0.4 is 5.32 Å². The van der Waals surface area contributed by atoms with Crippen molar-refractivity contribution in [2.75, 3.05) is 26.5 Å². The lowest BCUT2D eigenvalue weighted by Crippen LogP contribution is -2.30. The van der Waals surface area contributed by atoms with Crippen molar-refractivity contribution in [3.05, 3.63) is 66.1 Å². The summed E-state index contributed by atoms with van der Waals surface area (Å²) in [6, 6.07) is 13.3. The Morgan fingerprint density at radius 3 is 2.43 bits per heavy atom. The van der Waals surface area contributed by atoms with Crippen molar-refractivity contribution in [1.82, 2.24) is 14.4 Å². The number of aromatic nitrogens is 1. The molecule has 0 bridgehead atoms. The molecule has 3 amide bonds. The molecule has 0 spiro atoms. The van der Waals surface area contributed by atoms with Crippen LogP contribution in [0, 0.1) is 5.82 Å². The van der Waals surface area contributed by atoms with Crippen molar-refractivity contribution in [2.45, 2.75) is 13.1 Å². The van der Waals surface area contributed by atoms with Crippen LogP contribution in [-0.2, 0) is 17.9 Å². The quantitative estimate of drug-likeness (QED) is 0.734. The third-order valence-electron chi connectivity index (χ3n) is 4.51. The summed E-state index contributed by atoms with van der Waals surface area (Å²) in [5, 5.41) is 3.80. The number of anilines is 1. The maximum Gasteiger partial charge on any atom is 0.321 e. The van der Waals surface area contributed by atoms with E-state index in [4.69, 9.17) is 0 Å². The largest absolute Gasteiger partial charge is 0.347 e. The highest BCUT2D eigenvalue weighted by Crippen LogP contribution is 2.21. The highest BCUT2D eigenvalue weighted by atomic mass is 19.1. The molecule has 7 heteroatoms. The number of fused-ring (bicyclic) bond motifs is 1. The SMILES string of the molecule is CN(C)C(=O)Cn1ccc2cc(NC(=O)N(C)Cc3ccc(F)cc3)ccc21. The van der Waals surface area contributed by atoms with E-state index in [0.717, 1.165) is 16.5 Å². The van der Waals surface area contributed by atoms with Gasteiger partial charge in [-0.2, -0.15) is 0 Å². The lowest BCUT2D eigenvalue weighted by atomic mass is 10.2. The van der Waals surface area contributed by atoms with Crippen LogP contribution >= 0.6 is 0 Å². The average Bonchev–Trinajstić information content (AvgIpc) is 3.05. The fraction of sp³-hybridized carbons (Fsp3) is 0.238. The molecule has 1 N–H and O–H groups in total. The number of hydrogen-bond donors (Lipinski definition) is 1. The van der Waals surface area contributed by atoms with E-state index in [1.165, 1.54) is 17.0 Å². The number of likely N-dealkylation sites (N-methyl/N-ethyl adjacent to an activating group) is 1. The highest BCUT2D eigenvalue weighted by Gasteiger charge is 2.12. The van der Waals surface area contributed by atoms with E-state index in [0.29, 0.717) is 12.2 Å². The van der Waals surface area contributed by atoms with Crippen molar-refractivity contribution in [1.29, 1.82) is 0 Å². The molecule has 28 heavy (non-hydrogen) atoms. The van der Waals surface area contributed by atoms with Crippen LogP contribution in [0.1, 0.15) is 5.56 Å². The van der Waals surface area contributed by atoms with Crippen molar-refractivity contribution in [3.8, 4) is 0 Å². The van der Waals surface area contributed by atoms with Crippen molar-refractivity contribution in [2.24, 2.45) is 0 Å². The fourth-order valence-electron chi connectivity index (χ4n) is 2.86. The Bertz CT molecular complexity index is 995. The van der Waals surface area contributed by atoms with E-state index in [1.807, 2.05) is 35.0 Å². The van der Waals surface area contributed by atoms with Crippen LogP contribution in [0.3, 0.4) is 0 Å². The molecule has 0 fully saturated rings. The Kier molecular flexibility index (Phi) is 5.63. The summed E-state index contributed by atoms with van der Waals surface area (Å²) in [5.74, 6) is -0.291. The second kappa shape index (κ2) is 8.12. The van der Waals surface area contributed by atoms with Crippen LogP contribution in [0.4, 0.5) is 14.9 Å². The molecule has 1 heterocycles. The minimum absolute atomic E-state index is 0.0114. The smallest absolute Gasteiger partial charge is 0.321 e. The first-order chi connectivity index (χ1) is 13.3. The van der Waals surface area contributed by atoms with Crippen LogP contribution in [0.15, 0.2) is 54.7 Å². The molecule has 0 atom stereocenters. The number of nitrogens with one attached hydrogen (secondary N) is 1. The lowest BCUT2D eigenvalue weighted by molar-refractivity contribution is -0.129. The van der Waals surface area contributed by atoms with Gasteiger partial charge in [0, 0.05) is 50.5 Å². The summed E-state index contributed by atoms with van der Waals surface area (Å²) in [6.45, 7) is 0.639. The molecule has 3 aromatic rings. The highest BCUT2D eigenvalue weighted by molar-refractivity contribution is 5.93. The minimum Gasteiger partial charge on any atom is -0.347 e. The number of halogens is 1. The summed E-state index contributed by atoms with van der Waals surface area (Å²) in [4.78, 5) is 27.4. The van der Waals surface area contributed by atoms with Gasteiger partial charge in [-0.05, 0) is 42.0 Å². The standard InChI is InChI=1S/C21H23FN4O2/c1-24(2)20(27)14-26-11-10-16-12-18(8-9-19(16)26)23-21(28)25(3)13-15-4-6-17(22)7-5-15/h4-12H,13-14H2,1-3H3,(H,23,28). The van der Waals surface area contributed by atoms with Gasteiger partial charge in [0.25, 0.3) is 0 Å². The van der Waals surface area contributed by atoms with Gasteiger partial charge < -0.3 is 19.7 Å². The van der Waals surface area contributed by atoms with E-state index < -0.39 is 0 Å². The summed E-state index contributed by atoms with van der Waals surface area (Å²) in [7, 11) is 5.13. The number of rotatable bonds is 5. The Balaban J connectivity index is 1.67. The number of nitrogens with zero attached hydrogens (tertiary/aromatic N) is 3. The lowest BCUT2D eigenvalue weighted by Gasteiger charge is -2.18. The number of hydrogen-bond acceptors (Lipinski definition) is 2. The normalized spacial score (nSPS) is 10.7. The van der Waals surface area contributed by atoms with Gasteiger partial charge in [-0.3, -0.25) is 4.79 Å². The van der Waals surface area contributed by atoms with Gasteiger partial charge in [0.15, 0.2) is 0 Å². The monoisotopic (exact) mass is 382 g/mol. The first-order valence-electron chi connectivity index (χ1n) is 8.89. The number of urea groups is 1. The topological polar surface area (TPSA) is 57.6 Å². The van der Waals surface area contributed by atoms with Gasteiger partial charge in [-0.1, -0.05) is 12.1 Å². The average molecular weight is 382 g/mol. The molecule has 0 aliphatic carbocycles. The first kappa shape index (κ1) is 19.4. The predicted octanol–water partition coefficient (Wildman–Crippen LogP) is 3.53. The molecule has 0 saturated heterocycles. The Labute approximate surface area is 163 Å². The fourth-order valence-corrected chi connectivity index (χ4v) is 2.86. The van der Waals surface area contributed by atoms with E-state index in [1.54, 1.807) is 38.2 Å². The van der Waals surface area contributed by atoms with Gasteiger partial charge in [0.1, 0.15) is 12.4 Å². The van der Waals surface area contributed by atoms with Crippen LogP contribution in [0.5, 0.6) is 0 Å². The second-order valence-electron chi connectivity index (χ2n) is 6.92. The van der Waals surface area contributed by atoms with Crippen molar-refractivity contribution in [3.63, 3.8) is 0 Å². The van der Waals surface area contributed by atoms with Crippen LogP contribution in [-0.4, -0.2) is 47.4 Å². The summed E-state index contributed by atoms with van der Waals surface area (Å²) < 4.78 is 14.9. The number of carbonyl (C=O) groups is 2. The molecule has 0 saturated carbocycles. The Morgan fingerprint density at radius 1 is 1.04 bits per heavy atom. The van der Waals surface area contributed by atoms with E-state index >= 15 is 0 Å². The number of carbonyl (C=O) groups excluding carboxylic acids is 2. The zero-order chi connectivity index (χ0) is 20.3. The number of benzene rings is 2. The summed E-state index contributed by atoms with van der Waals surface area (Å²) in [6.07, 6.45) is 1.86. The maximum absolute atomic E-state index is 13.0. The molecule has 146 valence electrons. The molecule has 3 rings (SSSR count). The minimum atomic E-state index is -0.302. The summed E-state index contributed by atoms with van der Waals surface area (Å²) in [5.41, 5.74) is 2.44. The van der Waals surface area contributed by atoms with Gasteiger partial charge in [-0.15, -0.1) is 0 Å². The third kappa shape index (κ3) is 4.49. The third-order valence-corrected chi connectivity index (χ3v) is 4.51. The molecule has 2 aromatic carbocycles. The maximum atomic E-state index is 13.0. The molecule has 0 aliphatic rings. The molecule has 0 unspecified atom stereocenters. The molecular weight excluding hydrogens is 359 g/mol. The summed E-state index contributed by atoms with van der Waals surface area (Å²) >= 11 is 0. The molecule has 0 radical (unpaired) electrons. The first-order valence-corrected chi connectivity index (χ1v) is 8.89. The Hall–Kier alpha value is -3.35.